The van der Waals surface area contributed by atoms with E-state index in [0.717, 1.165) is 23.1 Å². The molecule has 0 radical (unpaired) electrons. The Labute approximate surface area is 113 Å². The fourth-order valence-electron chi connectivity index (χ4n) is 1.69. The molecule has 0 aliphatic rings. The van der Waals surface area contributed by atoms with E-state index in [9.17, 15) is 4.39 Å². The van der Waals surface area contributed by atoms with Crippen LogP contribution in [0.3, 0.4) is 0 Å². The van der Waals surface area contributed by atoms with Gasteiger partial charge in [0, 0.05) is 22.4 Å². The minimum Gasteiger partial charge on any atom is -0.297 e. The van der Waals surface area contributed by atoms with Crippen LogP contribution in [0.1, 0.15) is 10.4 Å². The Morgan fingerprint density at radius 2 is 2.12 bits per heavy atom. The van der Waals surface area contributed by atoms with Gasteiger partial charge in [0.1, 0.15) is 5.82 Å². The van der Waals surface area contributed by atoms with Crippen molar-refractivity contribution in [2.45, 2.75) is 13.1 Å². The van der Waals surface area contributed by atoms with E-state index in [0.29, 0.717) is 0 Å². The first-order valence-electron chi connectivity index (χ1n) is 5.30. The van der Waals surface area contributed by atoms with Crippen LogP contribution >= 0.6 is 27.3 Å². The fourth-order valence-corrected chi connectivity index (χ4v) is 3.24. The van der Waals surface area contributed by atoms with Gasteiger partial charge in [0.25, 0.3) is 0 Å². The number of hydrogen-bond acceptors (Lipinski definition) is 2. The highest BCUT2D eigenvalue weighted by atomic mass is 79.9. The Morgan fingerprint density at radius 3 is 2.76 bits per heavy atom. The molecule has 0 fully saturated rings. The molecule has 17 heavy (non-hydrogen) atoms. The number of rotatable bonds is 4. The molecular formula is C13H13BrFNS. The minimum atomic E-state index is -0.173. The van der Waals surface area contributed by atoms with Gasteiger partial charge < -0.3 is 0 Å². The van der Waals surface area contributed by atoms with Gasteiger partial charge in [-0.15, -0.1) is 11.3 Å². The predicted octanol–water partition coefficient (Wildman–Crippen LogP) is 4.28. The van der Waals surface area contributed by atoms with Crippen LogP contribution in [0.15, 0.2) is 40.2 Å². The number of benzene rings is 1. The van der Waals surface area contributed by atoms with Gasteiger partial charge in [-0.25, -0.2) is 4.39 Å². The number of thiophene rings is 1. The van der Waals surface area contributed by atoms with E-state index in [1.165, 1.54) is 10.9 Å². The van der Waals surface area contributed by atoms with Gasteiger partial charge >= 0.3 is 0 Å². The largest absolute Gasteiger partial charge is 0.297 e. The highest BCUT2D eigenvalue weighted by molar-refractivity contribution is 9.10. The van der Waals surface area contributed by atoms with E-state index >= 15 is 0 Å². The molecule has 1 nitrogen and oxygen atoms in total. The minimum absolute atomic E-state index is 0.173. The van der Waals surface area contributed by atoms with Gasteiger partial charge in [-0.3, -0.25) is 4.90 Å². The highest BCUT2D eigenvalue weighted by Gasteiger charge is 2.06. The summed E-state index contributed by atoms with van der Waals surface area (Å²) in [4.78, 5) is 3.47. The Kier molecular flexibility index (Phi) is 4.31. The zero-order chi connectivity index (χ0) is 12.3. The van der Waals surface area contributed by atoms with Gasteiger partial charge in [0.2, 0.25) is 0 Å². The zero-order valence-electron chi connectivity index (χ0n) is 9.49. The predicted molar refractivity (Wildman–Crippen MR) is 73.6 cm³/mol. The van der Waals surface area contributed by atoms with Crippen molar-refractivity contribution in [3.8, 4) is 0 Å². The second-order valence-electron chi connectivity index (χ2n) is 3.99. The van der Waals surface area contributed by atoms with Gasteiger partial charge in [0.05, 0.1) is 0 Å². The zero-order valence-corrected chi connectivity index (χ0v) is 11.9. The Bertz CT molecular complexity index is 498. The second-order valence-corrected chi connectivity index (χ2v) is 5.85. The van der Waals surface area contributed by atoms with E-state index in [1.54, 1.807) is 23.5 Å². The molecule has 2 rings (SSSR count). The summed E-state index contributed by atoms with van der Waals surface area (Å²) in [5, 5.41) is 2.06. The molecule has 0 atom stereocenters. The molecule has 0 bridgehead atoms. The van der Waals surface area contributed by atoms with Crippen LogP contribution in [0.4, 0.5) is 4.39 Å². The van der Waals surface area contributed by atoms with Crippen LogP contribution in [0.25, 0.3) is 0 Å². The molecule has 0 N–H and O–H groups in total. The molecule has 90 valence electrons. The molecule has 4 heteroatoms. The smallest absolute Gasteiger partial charge is 0.123 e. The first-order valence-corrected chi connectivity index (χ1v) is 6.97. The highest BCUT2D eigenvalue weighted by Crippen LogP contribution is 2.24. The number of hydrogen-bond donors (Lipinski definition) is 0. The van der Waals surface area contributed by atoms with Gasteiger partial charge in [-0.1, -0.05) is 12.1 Å². The topological polar surface area (TPSA) is 3.24 Å². The Hall–Kier alpha value is -0.710. The molecule has 0 unspecified atom stereocenters. The van der Waals surface area contributed by atoms with Crippen molar-refractivity contribution in [3.63, 3.8) is 0 Å². The molecule has 0 amide bonds. The monoisotopic (exact) mass is 313 g/mol. The normalized spacial score (nSPS) is 11.1. The molecular weight excluding hydrogens is 301 g/mol. The molecule has 0 saturated heterocycles. The van der Waals surface area contributed by atoms with Crippen molar-refractivity contribution >= 4 is 27.3 Å². The van der Waals surface area contributed by atoms with Crippen molar-refractivity contribution in [2.24, 2.45) is 0 Å². The molecule has 1 heterocycles. The number of nitrogens with zero attached hydrogens (tertiary/aromatic N) is 1. The first-order chi connectivity index (χ1) is 8.15. The summed E-state index contributed by atoms with van der Waals surface area (Å²) < 4.78 is 14.2. The van der Waals surface area contributed by atoms with Crippen LogP contribution in [0.5, 0.6) is 0 Å². The first kappa shape index (κ1) is 12.7. The van der Waals surface area contributed by atoms with Gasteiger partial charge in [-0.05, 0) is 52.1 Å². The van der Waals surface area contributed by atoms with E-state index in [2.05, 4.69) is 32.3 Å². The summed E-state index contributed by atoms with van der Waals surface area (Å²) in [6.45, 7) is 1.62. The molecule has 0 spiro atoms. The summed E-state index contributed by atoms with van der Waals surface area (Å²) in [7, 11) is 2.04. The van der Waals surface area contributed by atoms with Crippen molar-refractivity contribution < 1.29 is 4.39 Å². The summed E-state index contributed by atoms with van der Waals surface area (Å²) in [5.41, 5.74) is 1.00. The van der Waals surface area contributed by atoms with Crippen molar-refractivity contribution in [2.75, 3.05) is 7.05 Å². The number of halogens is 2. The lowest BCUT2D eigenvalue weighted by Gasteiger charge is -2.16. The third kappa shape index (κ3) is 3.63. The van der Waals surface area contributed by atoms with Gasteiger partial charge in [0.15, 0.2) is 0 Å². The third-order valence-corrected chi connectivity index (χ3v) is 4.36. The van der Waals surface area contributed by atoms with Crippen molar-refractivity contribution in [3.05, 3.63) is 56.4 Å². The quantitative estimate of drug-likeness (QED) is 0.814. The summed E-state index contributed by atoms with van der Waals surface area (Å²) in [6, 6.07) is 8.80. The molecule has 1 aromatic carbocycles. The van der Waals surface area contributed by atoms with Crippen LogP contribution in [-0.2, 0) is 13.1 Å². The van der Waals surface area contributed by atoms with E-state index < -0.39 is 0 Å². The standard InChI is InChI=1S/C13H13BrFNS/c1-16(9-13-12(14)5-6-17-13)8-10-3-2-4-11(15)7-10/h2-7H,8-9H2,1H3. The van der Waals surface area contributed by atoms with Crippen molar-refractivity contribution in [1.29, 1.82) is 0 Å². The van der Waals surface area contributed by atoms with Gasteiger partial charge in [-0.2, -0.15) is 0 Å². The maximum absolute atomic E-state index is 13.0. The Balaban J connectivity index is 1.98. The van der Waals surface area contributed by atoms with Crippen LogP contribution in [0, 0.1) is 5.82 Å². The second kappa shape index (κ2) is 5.76. The maximum Gasteiger partial charge on any atom is 0.123 e. The lowest BCUT2D eigenvalue weighted by molar-refractivity contribution is 0.321. The molecule has 0 aliphatic heterocycles. The van der Waals surface area contributed by atoms with Crippen LogP contribution in [0.2, 0.25) is 0 Å². The fraction of sp³-hybridized carbons (Fsp3) is 0.231. The summed E-state index contributed by atoms with van der Waals surface area (Å²) >= 11 is 5.24. The molecule has 1 aromatic heterocycles. The van der Waals surface area contributed by atoms with E-state index in [1.807, 2.05) is 13.1 Å². The van der Waals surface area contributed by atoms with Crippen LogP contribution in [-0.4, -0.2) is 11.9 Å². The Morgan fingerprint density at radius 1 is 1.29 bits per heavy atom. The maximum atomic E-state index is 13.0. The molecule has 2 aromatic rings. The van der Waals surface area contributed by atoms with E-state index in [-0.39, 0.29) is 5.82 Å². The SMILES string of the molecule is CN(Cc1cccc(F)c1)Cc1sccc1Br. The lowest BCUT2D eigenvalue weighted by atomic mass is 10.2. The average Bonchev–Trinajstić information content (AvgIpc) is 2.64. The van der Waals surface area contributed by atoms with Crippen molar-refractivity contribution in [1.82, 2.24) is 4.90 Å². The summed E-state index contributed by atoms with van der Waals surface area (Å²) in [6.07, 6.45) is 0. The molecule has 0 saturated carbocycles. The lowest BCUT2D eigenvalue weighted by Crippen LogP contribution is -2.16. The third-order valence-electron chi connectivity index (χ3n) is 2.45. The summed E-state index contributed by atoms with van der Waals surface area (Å²) in [5.74, 6) is -0.173. The van der Waals surface area contributed by atoms with Crippen LogP contribution < -0.4 is 0 Å². The molecule has 0 aliphatic carbocycles. The van der Waals surface area contributed by atoms with E-state index in [4.69, 9.17) is 0 Å². The average molecular weight is 314 g/mol.